The van der Waals surface area contributed by atoms with Gasteiger partial charge in [-0.05, 0) is 59.0 Å². The van der Waals surface area contributed by atoms with Crippen LogP contribution < -0.4 is 5.32 Å². The van der Waals surface area contributed by atoms with Crippen molar-refractivity contribution in [3.8, 4) is 17.1 Å². The summed E-state index contributed by atoms with van der Waals surface area (Å²) >= 11 is 0. The summed E-state index contributed by atoms with van der Waals surface area (Å²) in [5.41, 5.74) is 3.11. The van der Waals surface area contributed by atoms with Gasteiger partial charge in [-0.25, -0.2) is 4.68 Å². The molecule has 0 aliphatic rings. The Hall–Kier alpha value is -3.74. The molecule has 7 heteroatoms. The zero-order valence-electron chi connectivity index (χ0n) is 14.1. The molecule has 26 heavy (non-hydrogen) atoms. The number of hydrogen-bond donors (Lipinski definition) is 1. The molecule has 0 saturated carbocycles. The van der Waals surface area contributed by atoms with Crippen LogP contribution in [-0.2, 0) is 7.05 Å². The summed E-state index contributed by atoms with van der Waals surface area (Å²) in [6, 6.07) is 18.8. The number of nitrogens with one attached hydrogen (secondary N) is 1. The lowest BCUT2D eigenvalue weighted by molar-refractivity contribution is 0.102. The first-order valence-corrected chi connectivity index (χ1v) is 8.08. The van der Waals surface area contributed by atoms with Gasteiger partial charge >= 0.3 is 0 Å². The van der Waals surface area contributed by atoms with Gasteiger partial charge in [-0.15, -0.1) is 5.10 Å². The maximum atomic E-state index is 12.5. The number of aromatic nitrogens is 5. The number of anilines is 1. The normalized spacial score (nSPS) is 10.7. The first-order chi connectivity index (χ1) is 12.7. The number of rotatable bonds is 4. The first kappa shape index (κ1) is 15.8. The topological polar surface area (TPSA) is 77.6 Å². The third-order valence-corrected chi connectivity index (χ3v) is 4.03. The lowest BCUT2D eigenvalue weighted by Gasteiger charge is -2.08. The number of benzene rings is 2. The van der Waals surface area contributed by atoms with Gasteiger partial charge in [0, 0.05) is 41.9 Å². The van der Waals surface area contributed by atoms with Crippen molar-refractivity contribution in [3.05, 3.63) is 78.6 Å². The zero-order valence-corrected chi connectivity index (χ0v) is 14.1. The fourth-order valence-corrected chi connectivity index (χ4v) is 2.70. The fraction of sp³-hybridized carbons (Fsp3) is 0.0526. The summed E-state index contributed by atoms with van der Waals surface area (Å²) in [5.74, 6) is 0.467. The highest BCUT2D eigenvalue weighted by Crippen LogP contribution is 2.20. The highest BCUT2D eigenvalue weighted by atomic mass is 16.1. The van der Waals surface area contributed by atoms with Crippen molar-refractivity contribution in [2.75, 3.05) is 5.32 Å². The number of tetrazole rings is 1. The van der Waals surface area contributed by atoms with E-state index in [1.807, 2.05) is 65.5 Å². The van der Waals surface area contributed by atoms with E-state index in [9.17, 15) is 4.79 Å². The van der Waals surface area contributed by atoms with E-state index >= 15 is 0 Å². The number of amides is 1. The van der Waals surface area contributed by atoms with Crippen LogP contribution in [-0.4, -0.2) is 30.7 Å². The first-order valence-electron chi connectivity index (χ1n) is 8.08. The van der Waals surface area contributed by atoms with Crippen LogP contribution in [0.4, 0.5) is 5.69 Å². The molecule has 0 bridgehead atoms. The van der Waals surface area contributed by atoms with E-state index in [0.717, 1.165) is 11.3 Å². The Balaban J connectivity index is 1.52. The molecule has 1 N–H and O–H groups in total. The molecular weight excluding hydrogens is 328 g/mol. The third kappa shape index (κ3) is 3.10. The summed E-state index contributed by atoms with van der Waals surface area (Å²) in [5, 5.41) is 14.4. The van der Waals surface area contributed by atoms with Gasteiger partial charge in [0.1, 0.15) is 0 Å². The van der Waals surface area contributed by atoms with Crippen molar-refractivity contribution in [3.63, 3.8) is 0 Å². The summed E-state index contributed by atoms with van der Waals surface area (Å²) in [6.45, 7) is 0. The molecule has 2 heterocycles. The number of aryl methyl sites for hydroxylation is 1. The molecule has 0 fully saturated rings. The highest BCUT2D eigenvalue weighted by molar-refractivity contribution is 6.04. The van der Waals surface area contributed by atoms with Crippen LogP contribution >= 0.6 is 0 Å². The van der Waals surface area contributed by atoms with Crippen LogP contribution in [0.1, 0.15) is 10.4 Å². The second-order valence-corrected chi connectivity index (χ2v) is 5.80. The second kappa shape index (κ2) is 6.64. The van der Waals surface area contributed by atoms with E-state index in [1.54, 1.807) is 23.9 Å². The fourth-order valence-electron chi connectivity index (χ4n) is 2.70. The number of nitrogens with zero attached hydrogens (tertiary/aromatic N) is 5. The molecular formula is C19H16N6O. The van der Waals surface area contributed by atoms with Crippen LogP contribution in [0.15, 0.2) is 73.1 Å². The second-order valence-electron chi connectivity index (χ2n) is 5.80. The molecule has 0 aliphatic heterocycles. The van der Waals surface area contributed by atoms with Crippen molar-refractivity contribution in [2.45, 2.75) is 0 Å². The molecule has 7 nitrogen and oxygen atoms in total. The minimum Gasteiger partial charge on any atom is -0.324 e. The monoisotopic (exact) mass is 344 g/mol. The maximum Gasteiger partial charge on any atom is 0.255 e. The molecule has 2 aromatic carbocycles. The predicted octanol–water partition coefficient (Wildman–Crippen LogP) is 2.92. The quantitative estimate of drug-likeness (QED) is 0.617. The van der Waals surface area contributed by atoms with Crippen LogP contribution in [0, 0.1) is 0 Å². The van der Waals surface area contributed by atoms with E-state index in [0.29, 0.717) is 17.1 Å². The van der Waals surface area contributed by atoms with Crippen LogP contribution in [0.25, 0.3) is 17.1 Å². The van der Waals surface area contributed by atoms with Crippen molar-refractivity contribution >= 4 is 11.6 Å². The molecule has 2 aromatic heterocycles. The SMILES string of the molecule is Cn1nnnc1-c1cccc(NC(=O)c2ccc(-n3cccc3)cc2)c1. The standard InChI is InChI=1S/C19H16N6O/c1-24-18(21-22-23-24)15-5-4-6-16(13-15)20-19(26)14-7-9-17(10-8-14)25-11-2-3-12-25/h2-13H,1H3,(H,20,26). The lowest BCUT2D eigenvalue weighted by atomic mass is 10.1. The number of hydrogen-bond acceptors (Lipinski definition) is 4. The number of carbonyl (C=O) groups is 1. The van der Waals surface area contributed by atoms with Crippen molar-refractivity contribution in [2.24, 2.45) is 7.05 Å². The van der Waals surface area contributed by atoms with Crippen molar-refractivity contribution in [1.82, 2.24) is 24.8 Å². The van der Waals surface area contributed by atoms with Gasteiger partial charge in [0.05, 0.1) is 0 Å². The van der Waals surface area contributed by atoms with E-state index < -0.39 is 0 Å². The molecule has 4 rings (SSSR count). The molecule has 0 spiro atoms. The van der Waals surface area contributed by atoms with E-state index in [-0.39, 0.29) is 5.91 Å². The Kier molecular flexibility index (Phi) is 4.03. The average molecular weight is 344 g/mol. The summed E-state index contributed by atoms with van der Waals surface area (Å²) in [4.78, 5) is 12.5. The van der Waals surface area contributed by atoms with Gasteiger partial charge < -0.3 is 9.88 Å². The van der Waals surface area contributed by atoms with Crippen molar-refractivity contribution < 1.29 is 4.79 Å². The molecule has 0 unspecified atom stereocenters. The maximum absolute atomic E-state index is 12.5. The molecule has 0 saturated heterocycles. The Morgan fingerprint density at radius 3 is 2.46 bits per heavy atom. The molecule has 0 atom stereocenters. The largest absolute Gasteiger partial charge is 0.324 e. The Bertz CT molecular complexity index is 1030. The molecule has 1 amide bonds. The van der Waals surface area contributed by atoms with Crippen molar-refractivity contribution in [1.29, 1.82) is 0 Å². The number of carbonyl (C=O) groups excluding carboxylic acids is 1. The van der Waals surface area contributed by atoms with Crippen LogP contribution in [0.5, 0.6) is 0 Å². The van der Waals surface area contributed by atoms with E-state index in [2.05, 4.69) is 20.8 Å². The highest BCUT2D eigenvalue weighted by Gasteiger charge is 2.09. The van der Waals surface area contributed by atoms with Gasteiger partial charge in [0.25, 0.3) is 5.91 Å². The van der Waals surface area contributed by atoms with Gasteiger partial charge in [-0.3, -0.25) is 4.79 Å². The third-order valence-electron chi connectivity index (χ3n) is 4.03. The van der Waals surface area contributed by atoms with E-state index in [1.165, 1.54) is 0 Å². The molecule has 128 valence electrons. The molecule has 4 aromatic rings. The van der Waals surface area contributed by atoms with Crippen LogP contribution in [0.3, 0.4) is 0 Å². The minimum absolute atomic E-state index is 0.169. The molecule has 0 radical (unpaired) electrons. The van der Waals surface area contributed by atoms with Gasteiger partial charge in [0.2, 0.25) is 0 Å². The summed E-state index contributed by atoms with van der Waals surface area (Å²) < 4.78 is 3.57. The Labute approximate surface area is 149 Å². The zero-order chi connectivity index (χ0) is 17.9. The predicted molar refractivity (Wildman–Crippen MR) is 98.0 cm³/mol. The average Bonchev–Trinajstić information content (AvgIpc) is 3.34. The van der Waals surface area contributed by atoms with Gasteiger partial charge in [-0.2, -0.15) is 0 Å². The summed E-state index contributed by atoms with van der Waals surface area (Å²) in [6.07, 6.45) is 3.92. The Morgan fingerprint density at radius 1 is 1.00 bits per heavy atom. The smallest absolute Gasteiger partial charge is 0.255 e. The Morgan fingerprint density at radius 2 is 1.77 bits per heavy atom. The van der Waals surface area contributed by atoms with Gasteiger partial charge in [-0.1, -0.05) is 12.1 Å². The summed E-state index contributed by atoms with van der Waals surface area (Å²) in [7, 11) is 1.77. The van der Waals surface area contributed by atoms with E-state index in [4.69, 9.17) is 0 Å². The van der Waals surface area contributed by atoms with Crippen LogP contribution in [0.2, 0.25) is 0 Å². The van der Waals surface area contributed by atoms with Gasteiger partial charge in [0.15, 0.2) is 5.82 Å². The minimum atomic E-state index is -0.169. The molecule has 0 aliphatic carbocycles. The lowest BCUT2D eigenvalue weighted by Crippen LogP contribution is -2.12.